The molecule has 37 heavy (non-hydrogen) atoms. The number of aromatic nitrogens is 2. The Hall–Kier alpha value is -2.90. The summed E-state index contributed by atoms with van der Waals surface area (Å²) in [6.45, 7) is 7.82. The Kier molecular flexibility index (Phi) is 8.87. The topological polar surface area (TPSA) is 53.4 Å². The van der Waals surface area contributed by atoms with Gasteiger partial charge in [-0.25, -0.2) is 9.78 Å². The number of carbonyl (C=O) groups is 1. The van der Waals surface area contributed by atoms with Crippen LogP contribution in [0.25, 0.3) is 22.5 Å². The molecule has 1 aromatic heterocycles. The van der Waals surface area contributed by atoms with Crippen LogP contribution in [0.15, 0.2) is 78.9 Å². The molecule has 5 nitrogen and oxygen atoms in total. The number of carbonyl (C=O) groups excluding carboxylic acids is 1. The zero-order valence-corrected chi connectivity index (χ0v) is 23.7. The highest BCUT2D eigenvalue weighted by atomic mass is 35.5. The molecule has 0 aliphatic heterocycles. The zero-order chi connectivity index (χ0) is 26.4. The molecule has 192 valence electrons. The SMILES string of the molecule is C[Si](C)(C)CCOCn1c(C(=O)OCc2ccccc2)nc(-c2ccc(Cl)cc2)c1-c1ccc(Cl)cc1. The first kappa shape index (κ1) is 27.1. The summed E-state index contributed by atoms with van der Waals surface area (Å²) in [5.74, 6) is -0.341. The lowest BCUT2D eigenvalue weighted by molar-refractivity contribution is 0.0416. The van der Waals surface area contributed by atoms with Crippen LogP contribution in [-0.4, -0.2) is 30.2 Å². The summed E-state index contributed by atoms with van der Waals surface area (Å²) in [6.07, 6.45) is 0. The van der Waals surface area contributed by atoms with Crippen LogP contribution >= 0.6 is 23.2 Å². The molecule has 0 amide bonds. The second kappa shape index (κ2) is 12.1. The van der Waals surface area contributed by atoms with Gasteiger partial charge in [0.15, 0.2) is 0 Å². The molecule has 0 N–H and O–H groups in total. The van der Waals surface area contributed by atoms with Crippen molar-refractivity contribution in [2.24, 2.45) is 0 Å². The number of ether oxygens (including phenoxy) is 2. The van der Waals surface area contributed by atoms with Crippen LogP contribution < -0.4 is 0 Å². The Morgan fingerprint density at radius 1 is 0.865 bits per heavy atom. The fourth-order valence-corrected chi connectivity index (χ4v) is 4.77. The molecule has 8 heteroatoms. The highest BCUT2D eigenvalue weighted by molar-refractivity contribution is 6.76. The van der Waals surface area contributed by atoms with Crippen molar-refractivity contribution in [2.75, 3.05) is 6.61 Å². The minimum atomic E-state index is -1.29. The number of benzene rings is 3. The molecule has 0 atom stereocenters. The van der Waals surface area contributed by atoms with E-state index in [-0.39, 0.29) is 19.2 Å². The first-order chi connectivity index (χ1) is 17.7. The smallest absolute Gasteiger partial charge is 0.375 e. The van der Waals surface area contributed by atoms with Gasteiger partial charge in [-0.1, -0.05) is 97.4 Å². The average molecular weight is 554 g/mol. The van der Waals surface area contributed by atoms with Crippen molar-refractivity contribution < 1.29 is 14.3 Å². The largest absolute Gasteiger partial charge is 0.455 e. The maximum atomic E-state index is 13.4. The number of nitrogens with zero attached hydrogens (tertiary/aromatic N) is 2. The minimum Gasteiger partial charge on any atom is -0.455 e. The second-order valence-corrected chi connectivity index (χ2v) is 16.5. The second-order valence-electron chi connectivity index (χ2n) is 9.98. The van der Waals surface area contributed by atoms with Gasteiger partial charge in [-0.15, -0.1) is 0 Å². The monoisotopic (exact) mass is 552 g/mol. The van der Waals surface area contributed by atoms with Gasteiger partial charge in [0.2, 0.25) is 5.82 Å². The average Bonchev–Trinajstić information content (AvgIpc) is 3.25. The molecule has 4 aromatic rings. The first-order valence-electron chi connectivity index (χ1n) is 12.1. The van der Waals surface area contributed by atoms with Crippen LogP contribution in [0.5, 0.6) is 0 Å². The van der Waals surface area contributed by atoms with E-state index in [0.717, 1.165) is 28.4 Å². The summed E-state index contributed by atoms with van der Waals surface area (Å²) in [6, 6.07) is 25.4. The quantitative estimate of drug-likeness (QED) is 0.113. The van der Waals surface area contributed by atoms with Crippen molar-refractivity contribution in [1.29, 1.82) is 0 Å². The molecule has 4 rings (SSSR count). The van der Waals surface area contributed by atoms with E-state index in [0.29, 0.717) is 22.3 Å². The molecule has 0 aliphatic rings. The van der Waals surface area contributed by atoms with Crippen molar-refractivity contribution in [3.05, 3.63) is 100 Å². The standard InChI is InChI=1S/C29H30Cl2N2O3Si/c1-37(2,3)18-17-35-20-33-27(23-11-15-25(31)16-12-23)26(22-9-13-24(30)14-10-22)32-28(33)29(34)36-19-21-7-5-4-6-8-21/h4-16H,17-20H2,1-3H3. The Morgan fingerprint density at radius 2 is 1.46 bits per heavy atom. The lowest BCUT2D eigenvalue weighted by atomic mass is 10.0. The number of rotatable bonds is 10. The molecule has 0 saturated heterocycles. The van der Waals surface area contributed by atoms with Crippen LogP contribution in [0, 0.1) is 0 Å². The fraction of sp³-hybridized carbons (Fsp3) is 0.241. The summed E-state index contributed by atoms with van der Waals surface area (Å²) in [7, 11) is -1.29. The molecular formula is C29H30Cl2N2O3Si. The molecular weight excluding hydrogens is 523 g/mol. The molecule has 0 saturated carbocycles. The van der Waals surface area contributed by atoms with Gasteiger partial charge in [-0.3, -0.25) is 4.57 Å². The van der Waals surface area contributed by atoms with E-state index >= 15 is 0 Å². The summed E-state index contributed by atoms with van der Waals surface area (Å²) >= 11 is 12.3. The molecule has 0 bridgehead atoms. The number of imidazole rings is 1. The Morgan fingerprint density at radius 3 is 2.05 bits per heavy atom. The normalized spacial score (nSPS) is 11.5. The number of hydrogen-bond acceptors (Lipinski definition) is 4. The Bertz CT molecular complexity index is 1330. The van der Waals surface area contributed by atoms with Crippen molar-refractivity contribution in [3.63, 3.8) is 0 Å². The highest BCUT2D eigenvalue weighted by Gasteiger charge is 2.26. The van der Waals surface area contributed by atoms with E-state index in [1.807, 2.05) is 66.7 Å². The van der Waals surface area contributed by atoms with Gasteiger partial charge < -0.3 is 9.47 Å². The van der Waals surface area contributed by atoms with Gasteiger partial charge in [0.1, 0.15) is 13.3 Å². The van der Waals surface area contributed by atoms with Gasteiger partial charge in [-0.2, -0.15) is 0 Å². The number of hydrogen-bond donors (Lipinski definition) is 0. The first-order valence-corrected chi connectivity index (χ1v) is 16.6. The lowest BCUT2D eigenvalue weighted by Gasteiger charge is -2.17. The number of halogens is 2. The van der Waals surface area contributed by atoms with E-state index in [2.05, 4.69) is 19.6 Å². The van der Waals surface area contributed by atoms with E-state index in [4.69, 9.17) is 37.7 Å². The van der Waals surface area contributed by atoms with Crippen molar-refractivity contribution >= 4 is 37.2 Å². The Labute approximate surface area is 229 Å². The fourth-order valence-electron chi connectivity index (χ4n) is 3.77. The third-order valence-corrected chi connectivity index (χ3v) is 8.02. The molecule has 0 fully saturated rings. The highest BCUT2D eigenvalue weighted by Crippen LogP contribution is 2.34. The zero-order valence-electron chi connectivity index (χ0n) is 21.2. The minimum absolute atomic E-state index is 0.148. The van der Waals surface area contributed by atoms with Gasteiger partial charge in [-0.05, 0) is 35.9 Å². The van der Waals surface area contributed by atoms with Crippen molar-refractivity contribution in [3.8, 4) is 22.5 Å². The van der Waals surface area contributed by atoms with Crippen molar-refractivity contribution in [2.45, 2.75) is 39.0 Å². The number of esters is 1. The molecule has 1 heterocycles. The van der Waals surface area contributed by atoms with Gasteiger partial charge in [0.05, 0.1) is 11.4 Å². The third-order valence-electron chi connectivity index (χ3n) is 5.82. The summed E-state index contributed by atoms with van der Waals surface area (Å²) in [5, 5.41) is 1.24. The van der Waals surface area contributed by atoms with Crippen LogP contribution in [-0.2, 0) is 22.8 Å². The third kappa shape index (κ3) is 7.33. The van der Waals surface area contributed by atoms with Crippen LogP contribution in [0.2, 0.25) is 35.7 Å². The summed E-state index contributed by atoms with van der Waals surface area (Å²) < 4.78 is 13.6. The van der Waals surface area contributed by atoms with Crippen LogP contribution in [0.4, 0.5) is 0 Å². The lowest BCUT2D eigenvalue weighted by Crippen LogP contribution is -2.22. The summed E-state index contributed by atoms with van der Waals surface area (Å²) in [4.78, 5) is 18.2. The van der Waals surface area contributed by atoms with E-state index in [1.165, 1.54) is 0 Å². The van der Waals surface area contributed by atoms with E-state index in [9.17, 15) is 4.79 Å². The molecule has 3 aromatic carbocycles. The molecule has 0 radical (unpaired) electrons. The maximum Gasteiger partial charge on any atom is 0.375 e. The van der Waals surface area contributed by atoms with Gasteiger partial charge in [0.25, 0.3) is 0 Å². The molecule has 0 spiro atoms. The van der Waals surface area contributed by atoms with Crippen LogP contribution in [0.3, 0.4) is 0 Å². The summed E-state index contributed by atoms with van der Waals surface area (Å²) in [5.41, 5.74) is 3.97. The van der Waals surface area contributed by atoms with E-state index in [1.54, 1.807) is 16.7 Å². The van der Waals surface area contributed by atoms with Gasteiger partial charge >= 0.3 is 5.97 Å². The van der Waals surface area contributed by atoms with Crippen molar-refractivity contribution in [1.82, 2.24) is 9.55 Å². The predicted octanol–water partition coefficient (Wildman–Crippen LogP) is 8.19. The maximum absolute atomic E-state index is 13.4. The predicted molar refractivity (Wildman–Crippen MR) is 153 cm³/mol. The van der Waals surface area contributed by atoms with E-state index < -0.39 is 14.0 Å². The van der Waals surface area contributed by atoms with Gasteiger partial charge in [0, 0.05) is 35.9 Å². The Balaban J connectivity index is 1.76. The van der Waals surface area contributed by atoms with Crippen LogP contribution in [0.1, 0.15) is 16.2 Å². The molecule has 0 aliphatic carbocycles. The molecule has 0 unspecified atom stereocenters.